The number of benzene rings is 3. The Hall–Kier alpha value is -2.81. The molecule has 0 aromatic heterocycles. The van der Waals surface area contributed by atoms with Crippen molar-refractivity contribution in [2.24, 2.45) is 0 Å². The Bertz CT molecular complexity index is 822. The Morgan fingerprint density at radius 1 is 1.00 bits per heavy atom. The fourth-order valence-corrected chi connectivity index (χ4v) is 2.54. The maximum absolute atomic E-state index is 11.6. The Morgan fingerprint density at radius 2 is 1.81 bits per heavy atom. The predicted molar refractivity (Wildman–Crippen MR) is 82.9 cm³/mol. The monoisotopic (exact) mass is 278 g/mol. The first-order valence-corrected chi connectivity index (χ1v) is 6.60. The SMILES string of the molecule is COc1cccc(-c2c(C(=O)O)ccc3ccccc23)c1. The van der Waals surface area contributed by atoms with Crippen molar-refractivity contribution in [3.63, 3.8) is 0 Å². The molecule has 0 saturated heterocycles. The van der Waals surface area contributed by atoms with E-state index in [1.807, 2.05) is 54.6 Å². The van der Waals surface area contributed by atoms with Crippen LogP contribution in [0.3, 0.4) is 0 Å². The highest BCUT2D eigenvalue weighted by Gasteiger charge is 2.15. The summed E-state index contributed by atoms with van der Waals surface area (Å²) in [6, 6.07) is 18.7. The van der Waals surface area contributed by atoms with E-state index in [-0.39, 0.29) is 0 Å². The summed E-state index contributed by atoms with van der Waals surface area (Å²) in [6.45, 7) is 0. The molecular weight excluding hydrogens is 264 g/mol. The van der Waals surface area contributed by atoms with Gasteiger partial charge in [0.2, 0.25) is 0 Å². The van der Waals surface area contributed by atoms with Gasteiger partial charge in [0.1, 0.15) is 5.75 Å². The lowest BCUT2D eigenvalue weighted by molar-refractivity contribution is 0.0698. The van der Waals surface area contributed by atoms with Crippen LogP contribution in [0.2, 0.25) is 0 Å². The molecule has 3 aromatic rings. The molecule has 3 aromatic carbocycles. The van der Waals surface area contributed by atoms with Gasteiger partial charge < -0.3 is 9.84 Å². The molecule has 3 rings (SSSR count). The van der Waals surface area contributed by atoms with Gasteiger partial charge in [-0.25, -0.2) is 4.79 Å². The molecule has 0 aliphatic carbocycles. The van der Waals surface area contributed by atoms with Crippen LogP contribution in [0.15, 0.2) is 60.7 Å². The fraction of sp³-hybridized carbons (Fsp3) is 0.0556. The molecule has 0 spiro atoms. The van der Waals surface area contributed by atoms with Crippen LogP contribution in [-0.4, -0.2) is 18.2 Å². The number of carboxylic acids is 1. The van der Waals surface area contributed by atoms with Crippen molar-refractivity contribution in [3.8, 4) is 16.9 Å². The van der Waals surface area contributed by atoms with E-state index in [1.54, 1.807) is 13.2 Å². The largest absolute Gasteiger partial charge is 0.497 e. The quantitative estimate of drug-likeness (QED) is 0.780. The number of rotatable bonds is 3. The van der Waals surface area contributed by atoms with Crippen LogP contribution in [0.4, 0.5) is 0 Å². The third kappa shape index (κ3) is 2.34. The van der Waals surface area contributed by atoms with Crippen molar-refractivity contribution < 1.29 is 14.6 Å². The zero-order valence-electron chi connectivity index (χ0n) is 11.5. The van der Waals surface area contributed by atoms with Crippen LogP contribution in [0.25, 0.3) is 21.9 Å². The molecule has 0 aliphatic heterocycles. The number of fused-ring (bicyclic) bond motifs is 1. The number of aromatic carboxylic acids is 1. The van der Waals surface area contributed by atoms with Crippen LogP contribution >= 0.6 is 0 Å². The van der Waals surface area contributed by atoms with E-state index >= 15 is 0 Å². The molecule has 0 heterocycles. The molecule has 3 nitrogen and oxygen atoms in total. The molecule has 0 fully saturated rings. The van der Waals surface area contributed by atoms with Gasteiger partial charge in [0, 0.05) is 5.56 Å². The summed E-state index contributed by atoms with van der Waals surface area (Å²) in [5, 5.41) is 11.4. The average Bonchev–Trinajstić information content (AvgIpc) is 2.53. The maximum atomic E-state index is 11.6. The molecular formula is C18H14O3. The second kappa shape index (κ2) is 5.29. The van der Waals surface area contributed by atoms with E-state index in [0.717, 1.165) is 21.9 Å². The third-order valence-electron chi connectivity index (χ3n) is 3.52. The number of ether oxygens (including phenoxy) is 1. The van der Waals surface area contributed by atoms with Crippen molar-refractivity contribution in [1.82, 2.24) is 0 Å². The molecule has 0 atom stereocenters. The van der Waals surface area contributed by atoms with Crippen molar-refractivity contribution in [2.75, 3.05) is 7.11 Å². The highest BCUT2D eigenvalue weighted by atomic mass is 16.5. The average molecular weight is 278 g/mol. The Kier molecular flexibility index (Phi) is 3.32. The minimum absolute atomic E-state index is 0.293. The summed E-state index contributed by atoms with van der Waals surface area (Å²) < 4.78 is 5.24. The first kappa shape index (κ1) is 13.2. The Morgan fingerprint density at radius 3 is 2.57 bits per heavy atom. The lowest BCUT2D eigenvalue weighted by atomic mass is 9.93. The van der Waals surface area contributed by atoms with Gasteiger partial charge >= 0.3 is 5.97 Å². The summed E-state index contributed by atoms with van der Waals surface area (Å²) in [6.07, 6.45) is 0. The van der Waals surface area contributed by atoms with Crippen LogP contribution in [0.1, 0.15) is 10.4 Å². The molecule has 0 radical (unpaired) electrons. The Balaban J connectivity index is 2.37. The molecule has 0 unspecified atom stereocenters. The third-order valence-corrected chi connectivity index (χ3v) is 3.52. The number of hydrogen-bond donors (Lipinski definition) is 1. The molecule has 0 saturated carbocycles. The standard InChI is InChI=1S/C18H14O3/c1-21-14-7-4-6-13(11-14)17-15-8-3-2-5-12(15)9-10-16(17)18(19)20/h2-11H,1H3,(H,19,20). The van der Waals surface area contributed by atoms with Gasteiger partial charge in [-0.1, -0.05) is 42.5 Å². The van der Waals surface area contributed by atoms with Crippen LogP contribution in [-0.2, 0) is 0 Å². The minimum atomic E-state index is -0.932. The van der Waals surface area contributed by atoms with Crippen LogP contribution in [0.5, 0.6) is 5.75 Å². The van der Waals surface area contributed by atoms with Crippen molar-refractivity contribution in [2.45, 2.75) is 0 Å². The second-order valence-corrected chi connectivity index (χ2v) is 4.75. The van der Waals surface area contributed by atoms with Gasteiger partial charge in [-0.05, 0) is 34.5 Å². The Labute approximate surface area is 122 Å². The van der Waals surface area contributed by atoms with E-state index in [9.17, 15) is 9.90 Å². The predicted octanol–water partition coefficient (Wildman–Crippen LogP) is 4.21. The summed E-state index contributed by atoms with van der Waals surface area (Å²) in [7, 11) is 1.60. The number of hydrogen-bond acceptors (Lipinski definition) is 2. The summed E-state index contributed by atoms with van der Waals surface area (Å²) in [5.41, 5.74) is 1.85. The van der Waals surface area contributed by atoms with E-state index < -0.39 is 5.97 Å². The zero-order chi connectivity index (χ0) is 14.8. The molecule has 1 N–H and O–H groups in total. The maximum Gasteiger partial charge on any atom is 0.336 e. The van der Waals surface area contributed by atoms with Crippen molar-refractivity contribution >= 4 is 16.7 Å². The van der Waals surface area contributed by atoms with Gasteiger partial charge in [-0.3, -0.25) is 0 Å². The lowest BCUT2D eigenvalue weighted by Gasteiger charge is -2.12. The van der Waals surface area contributed by atoms with E-state index in [4.69, 9.17) is 4.74 Å². The molecule has 104 valence electrons. The van der Waals surface area contributed by atoms with E-state index in [0.29, 0.717) is 11.3 Å². The topological polar surface area (TPSA) is 46.5 Å². The van der Waals surface area contributed by atoms with E-state index in [2.05, 4.69) is 0 Å². The summed E-state index contributed by atoms with van der Waals surface area (Å²) in [5.74, 6) is -0.227. The van der Waals surface area contributed by atoms with Gasteiger partial charge in [-0.2, -0.15) is 0 Å². The summed E-state index contributed by atoms with van der Waals surface area (Å²) in [4.78, 5) is 11.6. The molecule has 0 aliphatic rings. The molecule has 21 heavy (non-hydrogen) atoms. The van der Waals surface area contributed by atoms with Gasteiger partial charge in [-0.15, -0.1) is 0 Å². The van der Waals surface area contributed by atoms with Crippen molar-refractivity contribution in [1.29, 1.82) is 0 Å². The molecule has 0 amide bonds. The number of carboxylic acid groups (broad SMARTS) is 1. The normalized spacial score (nSPS) is 10.5. The highest BCUT2D eigenvalue weighted by Crippen LogP contribution is 2.33. The molecule has 3 heteroatoms. The number of carbonyl (C=O) groups is 1. The smallest absolute Gasteiger partial charge is 0.336 e. The van der Waals surface area contributed by atoms with Crippen molar-refractivity contribution in [3.05, 3.63) is 66.2 Å². The lowest BCUT2D eigenvalue weighted by Crippen LogP contribution is -2.00. The molecule has 0 bridgehead atoms. The van der Waals surface area contributed by atoms with Gasteiger partial charge in [0.15, 0.2) is 0 Å². The summed E-state index contributed by atoms with van der Waals surface area (Å²) >= 11 is 0. The highest BCUT2D eigenvalue weighted by molar-refractivity contribution is 6.07. The zero-order valence-corrected chi connectivity index (χ0v) is 11.5. The van der Waals surface area contributed by atoms with Crippen LogP contribution < -0.4 is 4.74 Å². The fourth-order valence-electron chi connectivity index (χ4n) is 2.54. The minimum Gasteiger partial charge on any atom is -0.497 e. The van der Waals surface area contributed by atoms with Crippen LogP contribution in [0, 0.1) is 0 Å². The first-order chi connectivity index (χ1) is 10.2. The van der Waals surface area contributed by atoms with Gasteiger partial charge in [0.05, 0.1) is 12.7 Å². The number of methoxy groups -OCH3 is 1. The van der Waals surface area contributed by atoms with Gasteiger partial charge in [0.25, 0.3) is 0 Å². The first-order valence-electron chi connectivity index (χ1n) is 6.60. The van der Waals surface area contributed by atoms with E-state index in [1.165, 1.54) is 0 Å². The second-order valence-electron chi connectivity index (χ2n) is 4.75.